The predicted molar refractivity (Wildman–Crippen MR) is 59.1 cm³/mol. The molecule has 0 radical (unpaired) electrons. The van der Waals surface area contributed by atoms with Crippen LogP contribution in [-0.2, 0) is 15.6 Å². The molecule has 6 heteroatoms. The first-order valence-electron chi connectivity index (χ1n) is 3.62. The topological polar surface area (TPSA) is 49.7 Å². The number of hydrogen-bond acceptors (Lipinski definition) is 1. The molecule has 0 aliphatic carbocycles. The Balaban J connectivity index is 2.91. The number of hydrogen-bond donors (Lipinski definition) is 1. The lowest BCUT2D eigenvalue weighted by molar-refractivity contribution is 0.566. The van der Waals surface area contributed by atoms with Gasteiger partial charge in [-0.05, 0) is 5.56 Å². The molecule has 1 atom stereocenters. The molecule has 0 heterocycles. The summed E-state index contributed by atoms with van der Waals surface area (Å²) in [6.45, 7) is 0. The SMILES string of the molecule is O=S(O)N=CC(Cl)(Cl)c1ccccc1. The highest BCUT2D eigenvalue weighted by atomic mass is 35.5. The van der Waals surface area contributed by atoms with Crippen molar-refractivity contribution in [3.05, 3.63) is 35.9 Å². The third-order valence-electron chi connectivity index (χ3n) is 1.46. The van der Waals surface area contributed by atoms with Gasteiger partial charge in [-0.1, -0.05) is 53.5 Å². The average molecular weight is 252 g/mol. The van der Waals surface area contributed by atoms with Crippen LogP contribution in [0.4, 0.5) is 0 Å². The van der Waals surface area contributed by atoms with Gasteiger partial charge in [0.2, 0.25) is 0 Å². The minimum atomic E-state index is -2.29. The van der Waals surface area contributed by atoms with Crippen molar-refractivity contribution in [2.24, 2.45) is 4.40 Å². The van der Waals surface area contributed by atoms with Crippen molar-refractivity contribution in [2.45, 2.75) is 4.33 Å². The standard InChI is InChI=1S/C8H7Cl2NO2S/c9-8(10,6-11-14(12)13)7-4-2-1-3-5-7/h1-6H,(H,12,13). The highest BCUT2D eigenvalue weighted by Gasteiger charge is 2.23. The van der Waals surface area contributed by atoms with E-state index in [9.17, 15) is 4.21 Å². The minimum absolute atomic E-state index is 0.595. The third kappa shape index (κ3) is 3.38. The Labute approximate surface area is 94.2 Å². The lowest BCUT2D eigenvalue weighted by Crippen LogP contribution is -2.12. The monoisotopic (exact) mass is 251 g/mol. The van der Waals surface area contributed by atoms with E-state index in [2.05, 4.69) is 4.40 Å². The van der Waals surface area contributed by atoms with Gasteiger partial charge in [-0.2, -0.15) is 4.40 Å². The van der Waals surface area contributed by atoms with E-state index in [1.807, 2.05) is 6.07 Å². The second-order valence-electron chi connectivity index (χ2n) is 2.45. The summed E-state index contributed by atoms with van der Waals surface area (Å²) in [4.78, 5) is 0. The van der Waals surface area contributed by atoms with Crippen LogP contribution in [-0.4, -0.2) is 15.0 Å². The normalized spacial score (nSPS) is 14.5. The van der Waals surface area contributed by atoms with Crippen LogP contribution in [0.5, 0.6) is 0 Å². The van der Waals surface area contributed by atoms with E-state index in [-0.39, 0.29) is 0 Å². The Morgan fingerprint density at radius 3 is 2.43 bits per heavy atom. The molecule has 0 saturated heterocycles. The van der Waals surface area contributed by atoms with Crippen molar-refractivity contribution in [3.63, 3.8) is 0 Å². The molecule has 0 aromatic heterocycles. The van der Waals surface area contributed by atoms with Crippen LogP contribution < -0.4 is 0 Å². The smallest absolute Gasteiger partial charge is 0.281 e. The highest BCUT2D eigenvalue weighted by Crippen LogP contribution is 2.31. The molecular formula is C8H7Cl2NO2S. The van der Waals surface area contributed by atoms with Gasteiger partial charge in [-0.3, -0.25) is 4.55 Å². The Bertz CT molecular complexity index is 354. The molecule has 0 fully saturated rings. The molecule has 76 valence electrons. The molecule has 0 amide bonds. The Hall–Kier alpha value is -0.420. The van der Waals surface area contributed by atoms with Gasteiger partial charge in [-0.15, -0.1) is 0 Å². The van der Waals surface area contributed by atoms with E-state index in [4.69, 9.17) is 27.8 Å². The molecule has 1 aromatic rings. The van der Waals surface area contributed by atoms with Gasteiger partial charge in [0, 0.05) is 0 Å². The first-order chi connectivity index (χ1) is 6.52. The van der Waals surface area contributed by atoms with Crippen molar-refractivity contribution in [2.75, 3.05) is 0 Å². The first-order valence-corrected chi connectivity index (χ1v) is 5.44. The quantitative estimate of drug-likeness (QED) is 0.510. The second kappa shape index (κ2) is 4.89. The van der Waals surface area contributed by atoms with Crippen LogP contribution >= 0.6 is 23.2 Å². The summed E-state index contributed by atoms with van der Waals surface area (Å²) in [7, 11) is 0. The summed E-state index contributed by atoms with van der Waals surface area (Å²) in [6.07, 6.45) is 1.03. The summed E-state index contributed by atoms with van der Waals surface area (Å²) in [6, 6.07) is 8.74. The summed E-state index contributed by atoms with van der Waals surface area (Å²) >= 11 is 9.47. The van der Waals surface area contributed by atoms with E-state index in [0.717, 1.165) is 6.21 Å². The molecule has 1 aromatic carbocycles. The minimum Gasteiger partial charge on any atom is -0.288 e. The zero-order valence-electron chi connectivity index (χ0n) is 6.93. The van der Waals surface area contributed by atoms with Gasteiger partial charge < -0.3 is 0 Å². The summed E-state index contributed by atoms with van der Waals surface area (Å²) in [5.41, 5.74) is 0.595. The fourth-order valence-electron chi connectivity index (χ4n) is 0.846. The van der Waals surface area contributed by atoms with Crippen molar-refractivity contribution in [1.29, 1.82) is 0 Å². The molecule has 0 bridgehead atoms. The van der Waals surface area contributed by atoms with Gasteiger partial charge in [0.1, 0.15) is 0 Å². The van der Waals surface area contributed by atoms with Crippen LogP contribution in [0.3, 0.4) is 0 Å². The molecule has 0 saturated carbocycles. The Kier molecular flexibility index (Phi) is 4.07. The fraction of sp³-hybridized carbons (Fsp3) is 0.125. The Morgan fingerprint density at radius 2 is 1.93 bits per heavy atom. The van der Waals surface area contributed by atoms with Gasteiger partial charge >= 0.3 is 0 Å². The van der Waals surface area contributed by atoms with Crippen molar-refractivity contribution in [1.82, 2.24) is 0 Å². The fourth-order valence-corrected chi connectivity index (χ4v) is 1.56. The molecular weight excluding hydrogens is 245 g/mol. The lowest BCUT2D eigenvalue weighted by atomic mass is 10.1. The van der Waals surface area contributed by atoms with Crippen LogP contribution in [0.2, 0.25) is 0 Å². The molecule has 1 N–H and O–H groups in total. The third-order valence-corrected chi connectivity index (χ3v) is 2.38. The summed E-state index contributed by atoms with van der Waals surface area (Å²) in [5, 5.41) is 0. The molecule has 1 unspecified atom stereocenters. The van der Waals surface area contributed by atoms with E-state index in [1.165, 1.54) is 0 Å². The zero-order valence-corrected chi connectivity index (χ0v) is 9.26. The predicted octanol–water partition coefficient (Wildman–Crippen LogP) is 2.52. The van der Waals surface area contributed by atoms with Gasteiger partial charge in [0.25, 0.3) is 11.3 Å². The molecule has 0 aliphatic heterocycles. The molecule has 0 spiro atoms. The number of halogens is 2. The lowest BCUT2D eigenvalue weighted by Gasteiger charge is -2.13. The molecule has 3 nitrogen and oxygen atoms in total. The number of alkyl halides is 2. The molecule has 1 rings (SSSR count). The Morgan fingerprint density at radius 1 is 1.36 bits per heavy atom. The van der Waals surface area contributed by atoms with E-state index < -0.39 is 15.6 Å². The van der Waals surface area contributed by atoms with Gasteiger partial charge in [0.05, 0.1) is 6.21 Å². The zero-order chi connectivity index (χ0) is 10.6. The van der Waals surface area contributed by atoms with Crippen molar-refractivity contribution >= 4 is 40.7 Å². The molecule has 0 aliphatic rings. The largest absolute Gasteiger partial charge is 0.288 e. The summed E-state index contributed by atoms with van der Waals surface area (Å²) in [5.74, 6) is 0. The summed E-state index contributed by atoms with van der Waals surface area (Å²) < 4.78 is 20.5. The van der Waals surface area contributed by atoms with Crippen molar-refractivity contribution < 1.29 is 8.76 Å². The second-order valence-corrected chi connectivity index (χ2v) is 4.51. The van der Waals surface area contributed by atoms with E-state index >= 15 is 0 Å². The number of nitrogens with zero attached hydrogens (tertiary/aromatic N) is 1. The van der Waals surface area contributed by atoms with E-state index in [1.54, 1.807) is 24.3 Å². The van der Waals surface area contributed by atoms with Crippen LogP contribution in [0.1, 0.15) is 5.56 Å². The van der Waals surface area contributed by atoms with Crippen LogP contribution in [0, 0.1) is 0 Å². The van der Waals surface area contributed by atoms with Gasteiger partial charge in [0.15, 0.2) is 4.33 Å². The first kappa shape index (κ1) is 11.7. The maximum absolute atomic E-state index is 10.3. The molecule has 14 heavy (non-hydrogen) atoms. The number of benzene rings is 1. The van der Waals surface area contributed by atoms with E-state index in [0.29, 0.717) is 5.56 Å². The van der Waals surface area contributed by atoms with Crippen LogP contribution in [0.25, 0.3) is 0 Å². The highest BCUT2D eigenvalue weighted by molar-refractivity contribution is 7.77. The average Bonchev–Trinajstić information content (AvgIpc) is 2.16. The van der Waals surface area contributed by atoms with Gasteiger partial charge in [-0.25, -0.2) is 4.21 Å². The van der Waals surface area contributed by atoms with Crippen molar-refractivity contribution in [3.8, 4) is 0 Å². The number of rotatable bonds is 3. The maximum Gasteiger partial charge on any atom is 0.281 e. The maximum atomic E-state index is 10.3. The van der Waals surface area contributed by atoms with Crippen LogP contribution in [0.15, 0.2) is 34.7 Å².